The molecule has 0 aliphatic carbocycles. The molecule has 1 rings (SSSR count). The van der Waals surface area contributed by atoms with E-state index in [0.717, 1.165) is 24.9 Å². The van der Waals surface area contributed by atoms with Gasteiger partial charge in [0, 0.05) is 0 Å². The number of aliphatic carboxylic acids is 1. The van der Waals surface area contributed by atoms with E-state index < -0.39 is 12.0 Å². The van der Waals surface area contributed by atoms with Crippen LogP contribution in [0.15, 0.2) is 36.4 Å². The summed E-state index contributed by atoms with van der Waals surface area (Å²) in [7, 11) is 0. The average Bonchev–Trinajstić information content (AvgIpc) is 2.76. The van der Waals surface area contributed by atoms with Gasteiger partial charge < -0.3 is 15.5 Å². The molecular formula is C27H45NO3. The lowest BCUT2D eigenvalue weighted by Crippen LogP contribution is -2.39. The number of allylic oxidation sites excluding steroid dienone is 2. The smallest absolute Gasteiger partial charge is 0.321 e. The summed E-state index contributed by atoms with van der Waals surface area (Å²) < 4.78 is 0. The Morgan fingerprint density at radius 1 is 0.839 bits per heavy atom. The average molecular weight is 432 g/mol. The zero-order chi connectivity index (χ0) is 22.6. The lowest BCUT2D eigenvalue weighted by atomic mass is 10.1. The maximum atomic E-state index is 11.5. The van der Waals surface area contributed by atoms with Crippen LogP contribution < -0.4 is 5.32 Å². The van der Waals surface area contributed by atoms with Crippen molar-refractivity contribution in [3.05, 3.63) is 42.0 Å². The second-order valence-corrected chi connectivity index (χ2v) is 8.65. The predicted octanol–water partition coefficient (Wildman–Crippen LogP) is 7.02. The van der Waals surface area contributed by atoms with Gasteiger partial charge in [0.15, 0.2) is 0 Å². The summed E-state index contributed by atoms with van der Waals surface area (Å²) in [5.74, 6) is -0.620. The molecule has 0 aromatic heterocycles. The van der Waals surface area contributed by atoms with Gasteiger partial charge in [0.1, 0.15) is 11.8 Å². The fourth-order valence-electron chi connectivity index (χ4n) is 3.76. The highest BCUT2D eigenvalue weighted by Crippen LogP contribution is 2.12. The number of phenolic OH excluding ortho intramolecular Hbond substituents is 1. The first kappa shape index (κ1) is 27.2. The first-order valence-corrected chi connectivity index (χ1v) is 12.5. The Morgan fingerprint density at radius 3 is 1.90 bits per heavy atom. The van der Waals surface area contributed by atoms with E-state index in [1.807, 2.05) is 0 Å². The van der Waals surface area contributed by atoms with E-state index in [0.29, 0.717) is 6.42 Å². The van der Waals surface area contributed by atoms with Gasteiger partial charge in [0.05, 0.1) is 0 Å². The zero-order valence-electron chi connectivity index (χ0n) is 19.7. The van der Waals surface area contributed by atoms with Crippen LogP contribution in [-0.4, -0.2) is 28.8 Å². The number of carboxylic acid groups (broad SMARTS) is 1. The third-order valence-electron chi connectivity index (χ3n) is 5.75. The second kappa shape index (κ2) is 18.9. The van der Waals surface area contributed by atoms with Crippen LogP contribution in [-0.2, 0) is 11.2 Å². The van der Waals surface area contributed by atoms with Crippen molar-refractivity contribution in [2.24, 2.45) is 0 Å². The molecule has 0 bridgehead atoms. The Kier molecular flexibility index (Phi) is 16.6. The van der Waals surface area contributed by atoms with Crippen molar-refractivity contribution in [3.8, 4) is 5.75 Å². The number of carboxylic acids is 1. The summed E-state index contributed by atoms with van der Waals surface area (Å²) in [4.78, 5) is 11.5. The number of nitrogens with one attached hydrogen (secondary N) is 1. The molecule has 0 aliphatic rings. The van der Waals surface area contributed by atoms with Crippen LogP contribution in [0.2, 0.25) is 0 Å². The molecule has 0 aliphatic heterocycles. The first-order valence-electron chi connectivity index (χ1n) is 12.5. The van der Waals surface area contributed by atoms with Gasteiger partial charge in [-0.1, -0.05) is 89.0 Å². The highest BCUT2D eigenvalue weighted by atomic mass is 16.4. The number of hydrogen-bond donors (Lipinski definition) is 3. The SMILES string of the molecule is CCCCCCCC/C=C\CCCCCCCCNC(Cc1ccc(O)cc1)C(=O)O. The fraction of sp³-hybridized carbons (Fsp3) is 0.667. The molecular weight excluding hydrogens is 386 g/mol. The van der Waals surface area contributed by atoms with Gasteiger partial charge in [-0.3, -0.25) is 4.79 Å². The predicted molar refractivity (Wildman–Crippen MR) is 131 cm³/mol. The van der Waals surface area contributed by atoms with Crippen molar-refractivity contribution < 1.29 is 15.0 Å². The molecule has 4 nitrogen and oxygen atoms in total. The van der Waals surface area contributed by atoms with Gasteiger partial charge in [-0.05, 0) is 62.8 Å². The normalized spacial score (nSPS) is 12.4. The van der Waals surface area contributed by atoms with Crippen molar-refractivity contribution in [1.82, 2.24) is 5.32 Å². The van der Waals surface area contributed by atoms with Crippen LogP contribution in [0.5, 0.6) is 5.75 Å². The second-order valence-electron chi connectivity index (χ2n) is 8.65. The molecule has 0 saturated heterocycles. The van der Waals surface area contributed by atoms with Crippen LogP contribution in [0.1, 0.15) is 102 Å². The van der Waals surface area contributed by atoms with Gasteiger partial charge in [0.25, 0.3) is 0 Å². The first-order chi connectivity index (χ1) is 15.1. The molecule has 4 heteroatoms. The third kappa shape index (κ3) is 15.6. The number of carbonyl (C=O) groups is 1. The van der Waals surface area contributed by atoms with Gasteiger partial charge in [-0.25, -0.2) is 0 Å². The summed E-state index contributed by atoms with van der Waals surface area (Å²) in [5, 5.41) is 21.9. The Bertz CT molecular complexity index is 583. The van der Waals surface area contributed by atoms with Crippen molar-refractivity contribution >= 4 is 5.97 Å². The molecule has 0 heterocycles. The monoisotopic (exact) mass is 431 g/mol. The minimum atomic E-state index is -0.822. The Hall–Kier alpha value is -1.81. The largest absolute Gasteiger partial charge is 0.508 e. The number of phenols is 1. The third-order valence-corrected chi connectivity index (χ3v) is 5.75. The minimum absolute atomic E-state index is 0.202. The van der Waals surface area contributed by atoms with Crippen LogP contribution in [0.25, 0.3) is 0 Å². The number of rotatable bonds is 20. The zero-order valence-corrected chi connectivity index (χ0v) is 19.7. The molecule has 3 N–H and O–H groups in total. The molecule has 0 saturated carbocycles. The van der Waals surface area contributed by atoms with Gasteiger partial charge in [0.2, 0.25) is 0 Å². The number of hydrogen-bond acceptors (Lipinski definition) is 3. The molecule has 0 spiro atoms. The van der Waals surface area contributed by atoms with Crippen molar-refractivity contribution in [1.29, 1.82) is 0 Å². The highest BCUT2D eigenvalue weighted by Gasteiger charge is 2.16. The molecule has 0 amide bonds. The quantitative estimate of drug-likeness (QED) is 0.153. The number of unbranched alkanes of at least 4 members (excludes halogenated alkanes) is 12. The Balaban J connectivity index is 1.94. The number of benzene rings is 1. The highest BCUT2D eigenvalue weighted by molar-refractivity contribution is 5.73. The van der Waals surface area contributed by atoms with Crippen LogP contribution in [0.4, 0.5) is 0 Å². The van der Waals surface area contributed by atoms with E-state index in [2.05, 4.69) is 24.4 Å². The molecule has 0 radical (unpaired) electrons. The molecule has 1 unspecified atom stereocenters. The molecule has 1 aromatic rings. The summed E-state index contributed by atoms with van der Waals surface area (Å²) in [6, 6.07) is 6.17. The summed E-state index contributed by atoms with van der Waals surface area (Å²) >= 11 is 0. The lowest BCUT2D eigenvalue weighted by molar-refractivity contribution is -0.139. The molecule has 176 valence electrons. The summed E-state index contributed by atoms with van der Waals surface area (Å²) in [5.41, 5.74) is 0.915. The Labute approximate surface area is 190 Å². The van der Waals surface area contributed by atoms with Crippen molar-refractivity contribution in [2.45, 2.75) is 109 Å². The molecule has 31 heavy (non-hydrogen) atoms. The van der Waals surface area contributed by atoms with Gasteiger partial charge in [-0.2, -0.15) is 0 Å². The Morgan fingerprint density at radius 2 is 1.35 bits per heavy atom. The molecule has 1 atom stereocenters. The van der Waals surface area contributed by atoms with E-state index in [-0.39, 0.29) is 5.75 Å². The minimum Gasteiger partial charge on any atom is -0.508 e. The van der Waals surface area contributed by atoms with Gasteiger partial charge >= 0.3 is 5.97 Å². The lowest BCUT2D eigenvalue weighted by Gasteiger charge is -2.14. The topological polar surface area (TPSA) is 69.6 Å². The van der Waals surface area contributed by atoms with E-state index in [1.165, 1.54) is 77.0 Å². The maximum Gasteiger partial charge on any atom is 0.321 e. The van der Waals surface area contributed by atoms with E-state index >= 15 is 0 Å². The standard InChI is InChI=1S/C27H45NO3/c1-2-3-4-5-6-7-8-9-10-11-12-13-14-15-16-17-22-28-26(27(30)31)23-24-18-20-25(29)21-19-24/h9-10,18-21,26,28-29H,2-8,11-17,22-23H2,1H3,(H,30,31)/b10-9-. The summed E-state index contributed by atoms with van der Waals surface area (Å²) in [6.45, 7) is 3.00. The van der Waals surface area contributed by atoms with E-state index in [9.17, 15) is 15.0 Å². The molecule has 0 fully saturated rings. The van der Waals surface area contributed by atoms with E-state index in [1.54, 1.807) is 24.3 Å². The van der Waals surface area contributed by atoms with Crippen LogP contribution in [0, 0.1) is 0 Å². The van der Waals surface area contributed by atoms with Crippen LogP contribution in [0.3, 0.4) is 0 Å². The molecule has 1 aromatic carbocycles. The maximum absolute atomic E-state index is 11.5. The van der Waals surface area contributed by atoms with Crippen LogP contribution >= 0.6 is 0 Å². The van der Waals surface area contributed by atoms with Crippen molar-refractivity contribution in [3.63, 3.8) is 0 Å². The van der Waals surface area contributed by atoms with E-state index in [4.69, 9.17) is 0 Å². The van der Waals surface area contributed by atoms with Gasteiger partial charge in [-0.15, -0.1) is 0 Å². The van der Waals surface area contributed by atoms with Crippen molar-refractivity contribution in [2.75, 3.05) is 6.54 Å². The number of aromatic hydroxyl groups is 1. The fourth-order valence-corrected chi connectivity index (χ4v) is 3.76. The summed E-state index contributed by atoms with van der Waals surface area (Å²) in [6.07, 6.45) is 23.0.